The molecule has 0 aromatic rings. The lowest BCUT2D eigenvalue weighted by atomic mass is 10.00. The first-order valence-electron chi connectivity index (χ1n) is 4.64. The molecule has 0 aromatic carbocycles. The van der Waals surface area contributed by atoms with Crippen LogP contribution in [0.1, 0.15) is 13.8 Å². The van der Waals surface area contributed by atoms with Crippen LogP contribution >= 0.6 is 12.2 Å². The highest BCUT2D eigenvalue weighted by molar-refractivity contribution is 7.80. The number of nitrogens with two attached hydrogens (primary N) is 1. The zero-order valence-corrected chi connectivity index (χ0v) is 9.52. The van der Waals surface area contributed by atoms with Gasteiger partial charge in [-0.2, -0.15) is 0 Å². The minimum Gasteiger partial charge on any atom is -0.392 e. The van der Waals surface area contributed by atoms with Crippen LogP contribution in [0.15, 0.2) is 0 Å². The third-order valence-corrected chi connectivity index (χ3v) is 2.90. The molecule has 76 valence electrons. The molecule has 0 aromatic heterocycles. The monoisotopic (exact) mass is 201 g/mol. The fraction of sp³-hybridized carbons (Fsp3) is 0.889. The maximum absolute atomic E-state index is 5.52. The summed E-state index contributed by atoms with van der Waals surface area (Å²) in [5, 5.41) is 0. The maximum atomic E-state index is 5.52. The molecule has 1 rings (SSSR count). The number of likely N-dealkylation sites (N-methyl/N-ethyl adjacent to an activating group) is 1. The number of piperazine rings is 1. The largest absolute Gasteiger partial charge is 0.392 e. The van der Waals surface area contributed by atoms with Crippen LogP contribution in [0.3, 0.4) is 0 Å². The van der Waals surface area contributed by atoms with Gasteiger partial charge in [-0.1, -0.05) is 12.2 Å². The van der Waals surface area contributed by atoms with Crippen LogP contribution in [0.25, 0.3) is 0 Å². The molecule has 1 heterocycles. The molecule has 3 nitrogen and oxygen atoms in total. The second-order valence-electron chi connectivity index (χ2n) is 4.41. The van der Waals surface area contributed by atoms with Gasteiger partial charge in [0.25, 0.3) is 0 Å². The Bertz CT molecular complexity index is 203. The third kappa shape index (κ3) is 2.90. The van der Waals surface area contributed by atoms with E-state index < -0.39 is 0 Å². The van der Waals surface area contributed by atoms with Gasteiger partial charge in [0.15, 0.2) is 0 Å². The van der Waals surface area contributed by atoms with Gasteiger partial charge in [-0.15, -0.1) is 0 Å². The molecule has 0 unspecified atom stereocenters. The van der Waals surface area contributed by atoms with E-state index in [2.05, 4.69) is 30.7 Å². The fourth-order valence-corrected chi connectivity index (χ4v) is 1.88. The summed E-state index contributed by atoms with van der Waals surface area (Å²) in [7, 11) is 2.16. The smallest absolute Gasteiger partial charge is 0.0870 e. The SMILES string of the molecule is CN1CCN(CC(N)=S)CC1(C)C. The quantitative estimate of drug-likeness (QED) is 0.651. The van der Waals surface area contributed by atoms with Gasteiger partial charge in [0.1, 0.15) is 0 Å². The Morgan fingerprint density at radius 1 is 1.46 bits per heavy atom. The van der Waals surface area contributed by atoms with E-state index in [1.807, 2.05) is 0 Å². The molecule has 1 aliphatic rings. The Morgan fingerprint density at radius 3 is 2.54 bits per heavy atom. The predicted octanol–water partition coefficient (Wildman–Crippen LogP) is 0.298. The van der Waals surface area contributed by atoms with Gasteiger partial charge in [0.2, 0.25) is 0 Å². The van der Waals surface area contributed by atoms with E-state index in [-0.39, 0.29) is 5.54 Å². The molecule has 1 saturated heterocycles. The Kier molecular flexibility index (Phi) is 3.27. The van der Waals surface area contributed by atoms with Gasteiger partial charge < -0.3 is 5.73 Å². The standard InChI is InChI=1S/C9H19N3S/c1-9(2)7-12(6-8(10)13)5-4-11(9)3/h4-7H2,1-3H3,(H2,10,13). The molecule has 4 heteroatoms. The second kappa shape index (κ2) is 3.90. The first kappa shape index (κ1) is 10.9. The molecular formula is C9H19N3S. The summed E-state index contributed by atoms with van der Waals surface area (Å²) in [4.78, 5) is 5.30. The van der Waals surface area contributed by atoms with E-state index in [9.17, 15) is 0 Å². The normalized spacial score (nSPS) is 24.5. The van der Waals surface area contributed by atoms with Crippen molar-refractivity contribution in [1.82, 2.24) is 9.80 Å². The molecular weight excluding hydrogens is 182 g/mol. The lowest BCUT2D eigenvalue weighted by Gasteiger charge is -2.45. The van der Waals surface area contributed by atoms with Crippen molar-refractivity contribution in [2.75, 3.05) is 33.2 Å². The molecule has 0 atom stereocenters. The van der Waals surface area contributed by atoms with Crippen LogP contribution in [-0.4, -0.2) is 53.6 Å². The number of hydrogen-bond acceptors (Lipinski definition) is 3. The summed E-state index contributed by atoms with van der Waals surface area (Å²) in [6.07, 6.45) is 0. The van der Waals surface area contributed by atoms with E-state index in [1.165, 1.54) is 0 Å². The highest BCUT2D eigenvalue weighted by Crippen LogP contribution is 2.18. The van der Waals surface area contributed by atoms with E-state index in [0.717, 1.165) is 26.2 Å². The third-order valence-electron chi connectivity index (χ3n) is 2.77. The summed E-state index contributed by atoms with van der Waals surface area (Å²) >= 11 is 4.90. The topological polar surface area (TPSA) is 32.5 Å². The molecule has 0 bridgehead atoms. The number of thiocarbonyl (C=S) groups is 1. The summed E-state index contributed by atoms with van der Waals surface area (Å²) in [5.41, 5.74) is 5.76. The zero-order valence-electron chi connectivity index (χ0n) is 8.71. The maximum Gasteiger partial charge on any atom is 0.0870 e. The van der Waals surface area contributed by atoms with E-state index in [1.54, 1.807) is 0 Å². The van der Waals surface area contributed by atoms with Crippen molar-refractivity contribution >= 4 is 17.2 Å². The van der Waals surface area contributed by atoms with Crippen molar-refractivity contribution < 1.29 is 0 Å². The fourth-order valence-electron chi connectivity index (χ4n) is 1.70. The predicted molar refractivity (Wildman–Crippen MR) is 59.9 cm³/mol. The minimum absolute atomic E-state index is 0.239. The van der Waals surface area contributed by atoms with Crippen molar-refractivity contribution in [3.63, 3.8) is 0 Å². The highest BCUT2D eigenvalue weighted by Gasteiger charge is 2.30. The van der Waals surface area contributed by atoms with Crippen LogP contribution in [0.2, 0.25) is 0 Å². The van der Waals surface area contributed by atoms with Crippen LogP contribution in [0.4, 0.5) is 0 Å². The summed E-state index contributed by atoms with van der Waals surface area (Å²) in [5.74, 6) is 0. The molecule has 0 aliphatic carbocycles. The Morgan fingerprint density at radius 2 is 2.08 bits per heavy atom. The first-order valence-corrected chi connectivity index (χ1v) is 5.04. The Balaban J connectivity index is 2.50. The first-order chi connectivity index (χ1) is 5.92. The van der Waals surface area contributed by atoms with Gasteiger partial charge >= 0.3 is 0 Å². The Labute approximate surface area is 85.9 Å². The van der Waals surface area contributed by atoms with Gasteiger partial charge in [-0.3, -0.25) is 9.80 Å². The molecule has 13 heavy (non-hydrogen) atoms. The van der Waals surface area contributed by atoms with Gasteiger partial charge in [0, 0.05) is 31.7 Å². The van der Waals surface area contributed by atoms with Crippen LogP contribution < -0.4 is 5.73 Å². The van der Waals surface area contributed by atoms with Gasteiger partial charge in [0.05, 0.1) is 4.99 Å². The molecule has 0 spiro atoms. The molecule has 0 saturated carbocycles. The lowest BCUT2D eigenvalue weighted by molar-refractivity contribution is 0.0486. The van der Waals surface area contributed by atoms with Crippen LogP contribution in [-0.2, 0) is 0 Å². The van der Waals surface area contributed by atoms with Gasteiger partial charge in [-0.05, 0) is 20.9 Å². The van der Waals surface area contributed by atoms with Crippen molar-refractivity contribution in [2.24, 2.45) is 5.73 Å². The minimum atomic E-state index is 0.239. The van der Waals surface area contributed by atoms with E-state index in [4.69, 9.17) is 18.0 Å². The van der Waals surface area contributed by atoms with Crippen molar-refractivity contribution in [1.29, 1.82) is 0 Å². The highest BCUT2D eigenvalue weighted by atomic mass is 32.1. The van der Waals surface area contributed by atoms with E-state index in [0.29, 0.717) is 4.99 Å². The van der Waals surface area contributed by atoms with Crippen molar-refractivity contribution in [2.45, 2.75) is 19.4 Å². The average molecular weight is 201 g/mol. The molecule has 1 aliphatic heterocycles. The zero-order chi connectivity index (χ0) is 10.1. The number of nitrogens with zero attached hydrogens (tertiary/aromatic N) is 2. The molecule has 0 radical (unpaired) electrons. The second-order valence-corrected chi connectivity index (χ2v) is 4.94. The lowest BCUT2D eigenvalue weighted by Crippen LogP contribution is -2.58. The van der Waals surface area contributed by atoms with E-state index >= 15 is 0 Å². The number of rotatable bonds is 2. The number of hydrogen-bond donors (Lipinski definition) is 1. The van der Waals surface area contributed by atoms with Gasteiger partial charge in [-0.25, -0.2) is 0 Å². The summed E-state index contributed by atoms with van der Waals surface area (Å²) in [6.45, 7) is 8.46. The summed E-state index contributed by atoms with van der Waals surface area (Å²) < 4.78 is 0. The molecule has 0 amide bonds. The van der Waals surface area contributed by atoms with Crippen molar-refractivity contribution in [3.05, 3.63) is 0 Å². The summed E-state index contributed by atoms with van der Waals surface area (Å²) in [6, 6.07) is 0. The average Bonchev–Trinajstić information content (AvgIpc) is 1.95. The molecule has 1 fully saturated rings. The van der Waals surface area contributed by atoms with Crippen LogP contribution in [0, 0.1) is 0 Å². The van der Waals surface area contributed by atoms with Crippen molar-refractivity contribution in [3.8, 4) is 0 Å². The van der Waals surface area contributed by atoms with Crippen LogP contribution in [0.5, 0.6) is 0 Å². The Hall–Kier alpha value is -0.190. The molecule has 2 N–H and O–H groups in total.